The van der Waals surface area contributed by atoms with Crippen LogP contribution >= 0.6 is 0 Å². The molecule has 5 nitrogen and oxygen atoms in total. The smallest absolute Gasteiger partial charge is 0.308 e. The summed E-state index contributed by atoms with van der Waals surface area (Å²) in [7, 11) is 0. The Labute approximate surface area is 140 Å². The fourth-order valence-corrected chi connectivity index (χ4v) is 3.88. The Morgan fingerprint density at radius 3 is 2.67 bits per heavy atom. The highest BCUT2D eigenvalue weighted by molar-refractivity contribution is 5.79. The first-order valence-corrected chi connectivity index (χ1v) is 8.33. The highest BCUT2D eigenvalue weighted by Crippen LogP contribution is 2.44. The number of hydrogen-bond donors (Lipinski definition) is 1. The molecule has 3 rings (SSSR count). The number of nitrogens with zero attached hydrogens (tertiary/aromatic N) is 1. The molecule has 0 aliphatic carbocycles. The van der Waals surface area contributed by atoms with Crippen LogP contribution in [-0.4, -0.2) is 48.2 Å². The second-order valence-electron chi connectivity index (χ2n) is 6.73. The van der Waals surface area contributed by atoms with Crippen LogP contribution in [-0.2, 0) is 20.7 Å². The first kappa shape index (κ1) is 16.9. The topological polar surface area (TPSA) is 66.8 Å². The van der Waals surface area contributed by atoms with Gasteiger partial charge in [0.15, 0.2) is 0 Å². The summed E-state index contributed by atoms with van der Waals surface area (Å²) in [6.07, 6.45) is 1.86. The number of hydrogen-bond acceptors (Lipinski definition) is 3. The van der Waals surface area contributed by atoms with Gasteiger partial charge < -0.3 is 14.7 Å². The van der Waals surface area contributed by atoms with E-state index in [4.69, 9.17) is 4.74 Å². The molecule has 2 heterocycles. The minimum Gasteiger partial charge on any atom is -0.481 e. The fourth-order valence-electron chi connectivity index (χ4n) is 3.88. The van der Waals surface area contributed by atoms with Crippen LogP contribution < -0.4 is 0 Å². The molecular formula is C18H22FNO4. The SMILES string of the molecule is O=C(O)C1CN(C(=O)CCc2ccccc2F)CC12CCOCC2. The zero-order valence-corrected chi connectivity index (χ0v) is 13.5. The first-order chi connectivity index (χ1) is 11.5. The van der Waals surface area contributed by atoms with E-state index in [9.17, 15) is 19.1 Å². The lowest BCUT2D eigenvalue weighted by molar-refractivity contribution is -0.146. The summed E-state index contributed by atoms with van der Waals surface area (Å²) in [4.78, 5) is 25.8. The highest BCUT2D eigenvalue weighted by atomic mass is 19.1. The lowest BCUT2D eigenvalue weighted by Crippen LogP contribution is -2.40. The Hall–Kier alpha value is -1.95. The molecule has 1 unspecified atom stereocenters. The largest absolute Gasteiger partial charge is 0.481 e. The van der Waals surface area contributed by atoms with E-state index in [0.717, 1.165) is 0 Å². The van der Waals surface area contributed by atoms with Crippen molar-refractivity contribution in [3.8, 4) is 0 Å². The third-order valence-corrected chi connectivity index (χ3v) is 5.35. The summed E-state index contributed by atoms with van der Waals surface area (Å²) in [6, 6.07) is 6.42. The molecule has 1 N–H and O–H groups in total. The van der Waals surface area contributed by atoms with Crippen LogP contribution in [0.1, 0.15) is 24.8 Å². The maximum atomic E-state index is 13.7. The van der Waals surface area contributed by atoms with Crippen molar-refractivity contribution in [3.05, 3.63) is 35.6 Å². The number of carboxylic acid groups (broad SMARTS) is 1. The fraction of sp³-hybridized carbons (Fsp3) is 0.556. The Morgan fingerprint density at radius 2 is 2.00 bits per heavy atom. The number of ether oxygens (including phenoxy) is 1. The van der Waals surface area contributed by atoms with Gasteiger partial charge in [0.05, 0.1) is 5.92 Å². The number of aliphatic carboxylic acids is 1. The van der Waals surface area contributed by atoms with E-state index >= 15 is 0 Å². The van der Waals surface area contributed by atoms with Gasteiger partial charge in [-0.2, -0.15) is 0 Å². The quantitative estimate of drug-likeness (QED) is 0.915. The Bertz CT molecular complexity index is 627. The number of carbonyl (C=O) groups excluding carboxylic acids is 1. The molecule has 2 saturated heterocycles. The third-order valence-electron chi connectivity index (χ3n) is 5.35. The maximum Gasteiger partial charge on any atom is 0.308 e. The molecule has 0 radical (unpaired) electrons. The molecule has 1 spiro atoms. The Balaban J connectivity index is 1.65. The minimum absolute atomic E-state index is 0.104. The summed E-state index contributed by atoms with van der Waals surface area (Å²) < 4.78 is 19.0. The van der Waals surface area contributed by atoms with Crippen LogP contribution in [0.2, 0.25) is 0 Å². The summed E-state index contributed by atoms with van der Waals surface area (Å²) in [5.74, 6) is -1.80. The number of carbonyl (C=O) groups is 2. The molecule has 1 aromatic rings. The number of likely N-dealkylation sites (tertiary alicyclic amines) is 1. The molecule has 130 valence electrons. The van der Waals surface area contributed by atoms with E-state index in [0.29, 0.717) is 44.6 Å². The molecule has 2 fully saturated rings. The van der Waals surface area contributed by atoms with Gasteiger partial charge in [-0.1, -0.05) is 18.2 Å². The molecule has 0 bridgehead atoms. The van der Waals surface area contributed by atoms with Crippen LogP contribution in [0.3, 0.4) is 0 Å². The van der Waals surface area contributed by atoms with Gasteiger partial charge in [-0.05, 0) is 30.9 Å². The van der Waals surface area contributed by atoms with Crippen molar-refractivity contribution in [3.63, 3.8) is 0 Å². The van der Waals surface area contributed by atoms with E-state index in [1.165, 1.54) is 6.07 Å². The lowest BCUT2D eigenvalue weighted by Gasteiger charge is -2.36. The van der Waals surface area contributed by atoms with Gasteiger partial charge in [-0.15, -0.1) is 0 Å². The predicted molar refractivity (Wildman–Crippen MR) is 84.9 cm³/mol. The second-order valence-corrected chi connectivity index (χ2v) is 6.73. The van der Waals surface area contributed by atoms with Crippen molar-refractivity contribution in [2.45, 2.75) is 25.7 Å². The van der Waals surface area contributed by atoms with E-state index < -0.39 is 11.9 Å². The molecule has 24 heavy (non-hydrogen) atoms. The van der Waals surface area contributed by atoms with E-state index in [-0.39, 0.29) is 30.1 Å². The van der Waals surface area contributed by atoms with E-state index in [1.54, 1.807) is 23.1 Å². The molecule has 1 atom stereocenters. The van der Waals surface area contributed by atoms with Crippen molar-refractivity contribution in [2.75, 3.05) is 26.3 Å². The van der Waals surface area contributed by atoms with Gasteiger partial charge in [0, 0.05) is 38.1 Å². The van der Waals surface area contributed by atoms with E-state index in [2.05, 4.69) is 0 Å². The summed E-state index contributed by atoms with van der Waals surface area (Å²) in [5.41, 5.74) is 0.137. The standard InChI is InChI=1S/C18H22FNO4/c19-15-4-2-1-3-13(15)5-6-16(21)20-11-14(17(22)23)18(12-20)7-9-24-10-8-18/h1-4,14H,5-12H2,(H,22,23). The molecule has 2 aliphatic rings. The first-order valence-electron chi connectivity index (χ1n) is 8.33. The normalized spacial score (nSPS) is 22.7. The van der Waals surface area contributed by atoms with Crippen molar-refractivity contribution < 1.29 is 23.8 Å². The number of carboxylic acids is 1. The van der Waals surface area contributed by atoms with Crippen LogP contribution in [0.5, 0.6) is 0 Å². The van der Waals surface area contributed by atoms with Crippen molar-refractivity contribution in [1.82, 2.24) is 4.90 Å². The highest BCUT2D eigenvalue weighted by Gasteiger charge is 2.51. The van der Waals surface area contributed by atoms with Crippen LogP contribution in [0.25, 0.3) is 0 Å². The number of benzene rings is 1. The average molecular weight is 335 g/mol. The third kappa shape index (κ3) is 3.29. The monoisotopic (exact) mass is 335 g/mol. The van der Waals surface area contributed by atoms with Crippen LogP contribution in [0, 0.1) is 17.2 Å². The van der Waals surface area contributed by atoms with Crippen molar-refractivity contribution in [1.29, 1.82) is 0 Å². The molecular weight excluding hydrogens is 313 g/mol. The maximum absolute atomic E-state index is 13.7. The summed E-state index contributed by atoms with van der Waals surface area (Å²) >= 11 is 0. The summed E-state index contributed by atoms with van der Waals surface area (Å²) in [6.45, 7) is 1.79. The Kier molecular flexibility index (Phi) is 4.85. The van der Waals surface area contributed by atoms with Gasteiger partial charge in [-0.3, -0.25) is 9.59 Å². The minimum atomic E-state index is -0.846. The van der Waals surface area contributed by atoms with Gasteiger partial charge in [0.1, 0.15) is 5.82 Å². The molecule has 0 aromatic heterocycles. The number of aryl methyl sites for hydroxylation is 1. The number of rotatable bonds is 4. The van der Waals surface area contributed by atoms with Gasteiger partial charge in [0.2, 0.25) is 5.91 Å². The van der Waals surface area contributed by atoms with Gasteiger partial charge in [-0.25, -0.2) is 4.39 Å². The zero-order valence-electron chi connectivity index (χ0n) is 13.5. The predicted octanol–water partition coefficient (Wildman–Crippen LogP) is 2.10. The van der Waals surface area contributed by atoms with Gasteiger partial charge >= 0.3 is 5.97 Å². The van der Waals surface area contributed by atoms with E-state index in [1.807, 2.05) is 0 Å². The van der Waals surface area contributed by atoms with Crippen molar-refractivity contribution in [2.24, 2.45) is 11.3 Å². The molecule has 1 aromatic carbocycles. The molecule has 6 heteroatoms. The average Bonchev–Trinajstić information content (AvgIpc) is 2.94. The summed E-state index contributed by atoms with van der Waals surface area (Å²) in [5, 5.41) is 9.55. The van der Waals surface area contributed by atoms with Crippen molar-refractivity contribution >= 4 is 11.9 Å². The molecule has 0 saturated carbocycles. The molecule has 1 amide bonds. The number of halogens is 1. The van der Waals surface area contributed by atoms with Crippen LogP contribution in [0.4, 0.5) is 4.39 Å². The number of amides is 1. The van der Waals surface area contributed by atoms with Gasteiger partial charge in [0.25, 0.3) is 0 Å². The molecule has 2 aliphatic heterocycles. The van der Waals surface area contributed by atoms with Crippen LogP contribution in [0.15, 0.2) is 24.3 Å². The second kappa shape index (κ2) is 6.89. The Morgan fingerprint density at radius 1 is 1.29 bits per heavy atom. The zero-order chi connectivity index (χ0) is 17.2. The lowest BCUT2D eigenvalue weighted by atomic mass is 9.72.